The third-order valence-corrected chi connectivity index (χ3v) is 6.81. The van der Waals surface area contributed by atoms with Gasteiger partial charge in [0, 0.05) is 59.2 Å². The van der Waals surface area contributed by atoms with E-state index >= 15 is 0 Å². The molecule has 1 aliphatic heterocycles. The quantitative estimate of drug-likeness (QED) is 0.269. The SMILES string of the molecule is Cc1ccc(Cl)cc1N1CCN(C(=O)C(=O)c2c(-c3ccc(Cl)cc3)cc3ccccn23)CC1. The Bertz CT molecular complexity index is 1390. The molecule has 2 aromatic carbocycles. The maximum Gasteiger partial charge on any atom is 0.296 e. The summed E-state index contributed by atoms with van der Waals surface area (Å²) < 4.78 is 1.79. The van der Waals surface area contributed by atoms with Gasteiger partial charge in [-0.05, 0) is 60.5 Å². The predicted octanol–water partition coefficient (Wildman–Crippen LogP) is 5.75. The number of pyridine rings is 1. The van der Waals surface area contributed by atoms with Crippen LogP contribution in [0.15, 0.2) is 72.9 Å². The standard InChI is InChI=1S/C27H23Cl2N3O2/c1-18-5-8-21(29)16-24(18)30-12-14-31(15-13-30)27(34)26(33)25-23(19-6-9-20(28)10-7-19)17-22-4-2-3-11-32(22)25/h2-11,16-17H,12-15H2,1H3. The van der Waals surface area contributed by atoms with Crippen LogP contribution in [0.2, 0.25) is 10.0 Å². The molecule has 2 aromatic heterocycles. The minimum absolute atomic E-state index is 0.371. The number of ketones is 1. The van der Waals surface area contributed by atoms with Crippen molar-refractivity contribution >= 4 is 46.1 Å². The van der Waals surface area contributed by atoms with Crippen LogP contribution in [-0.2, 0) is 4.79 Å². The first-order chi connectivity index (χ1) is 16.4. The van der Waals surface area contributed by atoms with Gasteiger partial charge in [-0.3, -0.25) is 9.59 Å². The average molecular weight is 492 g/mol. The number of anilines is 1. The molecule has 1 fully saturated rings. The number of rotatable bonds is 4. The molecule has 7 heteroatoms. The number of Topliss-reactive ketones (excluding diaryl/α,β-unsaturated/α-hetero) is 1. The first kappa shape index (κ1) is 22.5. The van der Waals surface area contributed by atoms with E-state index in [9.17, 15) is 9.59 Å². The van der Waals surface area contributed by atoms with Crippen LogP contribution in [0.3, 0.4) is 0 Å². The van der Waals surface area contributed by atoms with Crippen molar-refractivity contribution in [2.45, 2.75) is 6.92 Å². The highest BCUT2D eigenvalue weighted by atomic mass is 35.5. The number of benzene rings is 2. The molecular weight excluding hydrogens is 469 g/mol. The number of carbonyl (C=O) groups excluding carboxylic acids is 2. The Kier molecular flexibility index (Phi) is 6.07. The minimum Gasteiger partial charge on any atom is -0.368 e. The summed E-state index contributed by atoms with van der Waals surface area (Å²) in [6.07, 6.45) is 1.81. The van der Waals surface area contributed by atoms with Gasteiger partial charge in [0.2, 0.25) is 0 Å². The second-order valence-corrected chi connectivity index (χ2v) is 9.32. The summed E-state index contributed by atoms with van der Waals surface area (Å²) in [5.41, 5.74) is 4.97. The molecular formula is C27H23Cl2N3O2. The smallest absolute Gasteiger partial charge is 0.296 e. The van der Waals surface area contributed by atoms with Crippen molar-refractivity contribution in [3.8, 4) is 11.1 Å². The molecule has 0 radical (unpaired) electrons. The molecule has 0 N–H and O–H groups in total. The van der Waals surface area contributed by atoms with E-state index in [1.165, 1.54) is 0 Å². The Morgan fingerprint density at radius 3 is 2.26 bits per heavy atom. The number of hydrogen-bond donors (Lipinski definition) is 0. The van der Waals surface area contributed by atoms with Gasteiger partial charge in [-0.25, -0.2) is 0 Å². The van der Waals surface area contributed by atoms with Gasteiger partial charge in [0.05, 0.1) is 0 Å². The van der Waals surface area contributed by atoms with Crippen molar-refractivity contribution in [3.05, 3.63) is 94.2 Å². The third-order valence-electron chi connectivity index (χ3n) is 6.32. The number of aryl methyl sites for hydroxylation is 1. The van der Waals surface area contributed by atoms with Gasteiger partial charge in [-0.2, -0.15) is 0 Å². The van der Waals surface area contributed by atoms with E-state index < -0.39 is 11.7 Å². The van der Waals surface area contributed by atoms with Crippen molar-refractivity contribution in [3.63, 3.8) is 0 Å². The second-order valence-electron chi connectivity index (χ2n) is 8.45. The maximum atomic E-state index is 13.6. The molecule has 0 unspecified atom stereocenters. The zero-order valence-corrected chi connectivity index (χ0v) is 20.2. The maximum absolute atomic E-state index is 13.6. The van der Waals surface area contributed by atoms with Gasteiger partial charge in [0.1, 0.15) is 5.69 Å². The van der Waals surface area contributed by atoms with E-state index in [-0.39, 0.29) is 0 Å². The van der Waals surface area contributed by atoms with Crippen LogP contribution in [0.5, 0.6) is 0 Å². The summed E-state index contributed by atoms with van der Waals surface area (Å²) >= 11 is 12.3. The highest BCUT2D eigenvalue weighted by molar-refractivity contribution is 6.43. The lowest BCUT2D eigenvalue weighted by Crippen LogP contribution is -2.51. The molecule has 0 spiro atoms. The number of piperazine rings is 1. The van der Waals surface area contributed by atoms with E-state index in [1.54, 1.807) is 21.4 Å². The summed E-state index contributed by atoms with van der Waals surface area (Å²) in [6, 6.07) is 20.7. The second kappa shape index (κ2) is 9.16. The number of carbonyl (C=O) groups is 2. The summed E-state index contributed by atoms with van der Waals surface area (Å²) in [6.45, 7) is 4.26. The first-order valence-corrected chi connectivity index (χ1v) is 11.9. The number of fused-ring (bicyclic) bond motifs is 1. The van der Waals surface area contributed by atoms with Crippen LogP contribution in [0.4, 0.5) is 5.69 Å². The van der Waals surface area contributed by atoms with Crippen LogP contribution < -0.4 is 4.90 Å². The van der Waals surface area contributed by atoms with Gasteiger partial charge < -0.3 is 14.2 Å². The van der Waals surface area contributed by atoms with Crippen LogP contribution in [0, 0.1) is 6.92 Å². The lowest BCUT2D eigenvalue weighted by molar-refractivity contribution is -0.126. The summed E-state index contributed by atoms with van der Waals surface area (Å²) in [5, 5.41) is 1.30. The van der Waals surface area contributed by atoms with E-state index in [0.717, 1.165) is 27.9 Å². The van der Waals surface area contributed by atoms with E-state index in [1.807, 2.05) is 67.7 Å². The van der Waals surface area contributed by atoms with Crippen LogP contribution >= 0.6 is 23.2 Å². The van der Waals surface area contributed by atoms with Crippen molar-refractivity contribution in [1.29, 1.82) is 0 Å². The van der Waals surface area contributed by atoms with E-state index in [2.05, 4.69) is 4.90 Å². The van der Waals surface area contributed by atoms with Crippen molar-refractivity contribution < 1.29 is 9.59 Å². The van der Waals surface area contributed by atoms with Gasteiger partial charge in [-0.15, -0.1) is 0 Å². The lowest BCUT2D eigenvalue weighted by Gasteiger charge is -2.36. The molecule has 1 amide bonds. The summed E-state index contributed by atoms with van der Waals surface area (Å²) in [7, 11) is 0. The molecule has 3 heterocycles. The largest absolute Gasteiger partial charge is 0.368 e. The van der Waals surface area contributed by atoms with Gasteiger partial charge in [0.15, 0.2) is 0 Å². The van der Waals surface area contributed by atoms with Crippen LogP contribution in [-0.4, -0.2) is 47.2 Å². The van der Waals surface area contributed by atoms with Crippen molar-refractivity contribution in [2.75, 3.05) is 31.1 Å². The van der Waals surface area contributed by atoms with Gasteiger partial charge in [0.25, 0.3) is 11.7 Å². The Morgan fingerprint density at radius 2 is 1.53 bits per heavy atom. The van der Waals surface area contributed by atoms with Gasteiger partial charge >= 0.3 is 0 Å². The fraction of sp³-hybridized carbons (Fsp3) is 0.185. The fourth-order valence-electron chi connectivity index (χ4n) is 4.52. The highest BCUT2D eigenvalue weighted by Gasteiger charge is 2.31. The number of amides is 1. The normalized spacial score (nSPS) is 14.0. The Morgan fingerprint density at radius 1 is 0.824 bits per heavy atom. The summed E-state index contributed by atoms with van der Waals surface area (Å²) in [4.78, 5) is 30.8. The molecule has 0 aliphatic carbocycles. The van der Waals surface area contributed by atoms with E-state index in [4.69, 9.17) is 23.2 Å². The number of nitrogens with zero attached hydrogens (tertiary/aromatic N) is 3. The van der Waals surface area contributed by atoms with Crippen molar-refractivity contribution in [2.24, 2.45) is 0 Å². The predicted molar refractivity (Wildman–Crippen MR) is 137 cm³/mol. The van der Waals surface area contributed by atoms with Crippen LogP contribution in [0.25, 0.3) is 16.6 Å². The minimum atomic E-state index is -0.511. The Labute approximate surface area is 208 Å². The highest BCUT2D eigenvalue weighted by Crippen LogP contribution is 2.30. The molecule has 5 nitrogen and oxygen atoms in total. The Balaban J connectivity index is 1.41. The molecule has 172 valence electrons. The molecule has 0 atom stereocenters. The molecule has 34 heavy (non-hydrogen) atoms. The summed E-state index contributed by atoms with van der Waals surface area (Å²) in [5.74, 6) is -0.995. The fourth-order valence-corrected chi connectivity index (χ4v) is 4.82. The first-order valence-electron chi connectivity index (χ1n) is 11.1. The molecule has 1 saturated heterocycles. The zero-order valence-electron chi connectivity index (χ0n) is 18.7. The number of hydrogen-bond acceptors (Lipinski definition) is 3. The van der Waals surface area contributed by atoms with Crippen LogP contribution in [0.1, 0.15) is 16.1 Å². The molecule has 1 aliphatic rings. The number of aromatic nitrogens is 1. The lowest BCUT2D eigenvalue weighted by atomic mass is 10.0. The number of halogens is 2. The topological polar surface area (TPSA) is 45.0 Å². The monoisotopic (exact) mass is 491 g/mol. The Hall–Kier alpha value is -3.28. The van der Waals surface area contributed by atoms with E-state index in [0.29, 0.717) is 41.9 Å². The van der Waals surface area contributed by atoms with Gasteiger partial charge in [-0.1, -0.05) is 47.5 Å². The molecule has 5 rings (SSSR count). The molecule has 4 aromatic rings. The molecule has 0 bridgehead atoms. The zero-order chi connectivity index (χ0) is 23.8. The third kappa shape index (κ3) is 4.17. The van der Waals surface area contributed by atoms with Crippen molar-refractivity contribution in [1.82, 2.24) is 9.30 Å². The average Bonchev–Trinajstić information content (AvgIpc) is 3.25. The molecule has 0 saturated carbocycles.